The zero-order chi connectivity index (χ0) is 24.1. The van der Waals surface area contributed by atoms with Gasteiger partial charge in [-0.3, -0.25) is 19.4 Å². The standard InChI is InChI=1S/C27H30N4O3/c1-19(2)30-17-22(26(33)29-15-20-9-4-3-5-10-20)25(32)23(18-30)27(34)31-14-7-6-12-24(31)21-11-8-13-28-16-21/h3-5,8-11,13,16-19,24H,6-7,12,14-15H2,1-2H3,(H,29,33)/t24-/m0/s1. The van der Waals surface area contributed by atoms with E-state index in [1.54, 1.807) is 34.3 Å². The molecule has 1 aromatic carbocycles. The smallest absolute Gasteiger partial charge is 0.259 e. The summed E-state index contributed by atoms with van der Waals surface area (Å²) in [5, 5.41) is 2.82. The fraction of sp³-hybridized carbons (Fsp3) is 0.333. The molecule has 2 amide bonds. The van der Waals surface area contributed by atoms with Crippen LogP contribution in [0.25, 0.3) is 0 Å². The summed E-state index contributed by atoms with van der Waals surface area (Å²) in [6.45, 7) is 4.76. The van der Waals surface area contributed by atoms with Gasteiger partial charge in [0, 0.05) is 43.9 Å². The van der Waals surface area contributed by atoms with Crippen LogP contribution in [0.2, 0.25) is 0 Å². The lowest BCUT2D eigenvalue weighted by Crippen LogP contribution is -2.42. The van der Waals surface area contributed by atoms with Gasteiger partial charge in [0.15, 0.2) is 0 Å². The van der Waals surface area contributed by atoms with Crippen molar-refractivity contribution in [3.05, 3.63) is 99.7 Å². The van der Waals surface area contributed by atoms with Crippen molar-refractivity contribution in [2.24, 2.45) is 0 Å². The van der Waals surface area contributed by atoms with Gasteiger partial charge in [-0.1, -0.05) is 36.4 Å². The molecule has 4 rings (SSSR count). The third-order valence-corrected chi connectivity index (χ3v) is 6.25. The molecule has 0 bridgehead atoms. The average Bonchev–Trinajstić information content (AvgIpc) is 2.88. The number of hydrogen-bond donors (Lipinski definition) is 1. The van der Waals surface area contributed by atoms with Crippen LogP contribution in [0.5, 0.6) is 0 Å². The van der Waals surface area contributed by atoms with E-state index in [2.05, 4.69) is 10.3 Å². The molecule has 3 aromatic rings. The predicted molar refractivity (Wildman–Crippen MR) is 131 cm³/mol. The molecule has 176 valence electrons. The van der Waals surface area contributed by atoms with E-state index in [0.29, 0.717) is 13.1 Å². The zero-order valence-corrected chi connectivity index (χ0v) is 19.6. The third kappa shape index (κ3) is 5.09. The Kier molecular flexibility index (Phi) is 7.21. The highest BCUT2D eigenvalue weighted by Gasteiger charge is 2.31. The Morgan fingerprint density at radius 3 is 2.53 bits per heavy atom. The van der Waals surface area contributed by atoms with E-state index in [9.17, 15) is 14.4 Å². The Hall–Kier alpha value is -3.74. The summed E-state index contributed by atoms with van der Waals surface area (Å²) in [7, 11) is 0. The van der Waals surface area contributed by atoms with E-state index in [1.807, 2.05) is 56.3 Å². The normalized spacial score (nSPS) is 15.9. The van der Waals surface area contributed by atoms with Crippen molar-refractivity contribution in [2.75, 3.05) is 6.54 Å². The first-order valence-corrected chi connectivity index (χ1v) is 11.7. The lowest BCUT2D eigenvalue weighted by molar-refractivity contribution is 0.0608. The summed E-state index contributed by atoms with van der Waals surface area (Å²) in [4.78, 5) is 46.0. The lowest BCUT2D eigenvalue weighted by Gasteiger charge is -2.36. The number of benzene rings is 1. The van der Waals surface area contributed by atoms with E-state index in [0.717, 1.165) is 30.4 Å². The molecular formula is C27H30N4O3. The molecule has 2 aromatic heterocycles. The topological polar surface area (TPSA) is 84.3 Å². The number of nitrogens with one attached hydrogen (secondary N) is 1. The van der Waals surface area contributed by atoms with Gasteiger partial charge in [-0.15, -0.1) is 0 Å². The summed E-state index contributed by atoms with van der Waals surface area (Å²) >= 11 is 0. The molecule has 1 fully saturated rings. The number of pyridine rings is 2. The SMILES string of the molecule is CC(C)n1cc(C(=O)NCc2ccccc2)c(=O)c(C(=O)N2CCCC[C@H]2c2cccnc2)c1. The first-order valence-electron chi connectivity index (χ1n) is 11.7. The van der Waals surface area contributed by atoms with Gasteiger partial charge in [0.1, 0.15) is 11.1 Å². The number of rotatable bonds is 6. The van der Waals surface area contributed by atoms with Gasteiger partial charge < -0.3 is 14.8 Å². The first-order chi connectivity index (χ1) is 16.5. The molecule has 1 aliphatic rings. The molecule has 0 unspecified atom stereocenters. The number of carbonyl (C=O) groups is 2. The van der Waals surface area contributed by atoms with Crippen LogP contribution in [0.15, 0.2) is 72.0 Å². The zero-order valence-electron chi connectivity index (χ0n) is 19.6. The molecular weight excluding hydrogens is 428 g/mol. The van der Waals surface area contributed by atoms with E-state index < -0.39 is 11.3 Å². The molecule has 1 saturated heterocycles. The van der Waals surface area contributed by atoms with Gasteiger partial charge in [-0.2, -0.15) is 0 Å². The van der Waals surface area contributed by atoms with E-state index in [4.69, 9.17) is 0 Å². The monoisotopic (exact) mass is 458 g/mol. The van der Waals surface area contributed by atoms with Crippen LogP contribution in [0.4, 0.5) is 0 Å². The van der Waals surface area contributed by atoms with Crippen LogP contribution in [0, 0.1) is 0 Å². The molecule has 0 radical (unpaired) electrons. The molecule has 7 nitrogen and oxygen atoms in total. The minimum atomic E-state index is -0.539. The second kappa shape index (κ2) is 10.5. The highest BCUT2D eigenvalue weighted by molar-refractivity contribution is 5.99. The molecule has 1 N–H and O–H groups in total. The van der Waals surface area contributed by atoms with Crippen LogP contribution in [0.3, 0.4) is 0 Å². The Labute approximate surface area is 199 Å². The maximum absolute atomic E-state index is 13.7. The van der Waals surface area contributed by atoms with Gasteiger partial charge in [0.25, 0.3) is 11.8 Å². The molecule has 0 spiro atoms. The van der Waals surface area contributed by atoms with Crippen molar-refractivity contribution in [1.82, 2.24) is 19.8 Å². The fourth-order valence-electron chi connectivity index (χ4n) is 4.33. The fourth-order valence-corrected chi connectivity index (χ4v) is 4.33. The van der Waals surface area contributed by atoms with Crippen molar-refractivity contribution in [3.63, 3.8) is 0 Å². The quantitative estimate of drug-likeness (QED) is 0.602. The lowest BCUT2D eigenvalue weighted by atomic mass is 9.95. The number of likely N-dealkylation sites (tertiary alicyclic amines) is 1. The van der Waals surface area contributed by atoms with Crippen LogP contribution in [-0.4, -0.2) is 32.8 Å². The van der Waals surface area contributed by atoms with Crippen molar-refractivity contribution in [3.8, 4) is 0 Å². The largest absolute Gasteiger partial charge is 0.350 e. The number of carbonyl (C=O) groups excluding carboxylic acids is 2. The minimum absolute atomic E-state index is 0.0228. The highest BCUT2D eigenvalue weighted by Crippen LogP contribution is 2.31. The average molecular weight is 459 g/mol. The van der Waals surface area contributed by atoms with Gasteiger partial charge in [0.05, 0.1) is 6.04 Å². The van der Waals surface area contributed by atoms with Gasteiger partial charge >= 0.3 is 0 Å². The molecule has 7 heteroatoms. The molecule has 1 aliphatic heterocycles. The Morgan fingerprint density at radius 1 is 1.06 bits per heavy atom. The minimum Gasteiger partial charge on any atom is -0.350 e. The summed E-state index contributed by atoms with van der Waals surface area (Å²) in [6.07, 6.45) is 9.29. The second-order valence-corrected chi connectivity index (χ2v) is 8.92. The van der Waals surface area contributed by atoms with Crippen molar-refractivity contribution in [2.45, 2.75) is 51.7 Å². The summed E-state index contributed by atoms with van der Waals surface area (Å²) in [5.74, 6) is -0.828. The molecule has 0 aliphatic carbocycles. The second-order valence-electron chi connectivity index (χ2n) is 8.92. The maximum atomic E-state index is 13.7. The Morgan fingerprint density at radius 2 is 1.82 bits per heavy atom. The highest BCUT2D eigenvalue weighted by atomic mass is 16.2. The third-order valence-electron chi connectivity index (χ3n) is 6.25. The molecule has 3 heterocycles. The van der Waals surface area contributed by atoms with Gasteiger partial charge in [-0.25, -0.2) is 0 Å². The Balaban J connectivity index is 1.66. The van der Waals surface area contributed by atoms with Crippen LogP contribution in [-0.2, 0) is 6.54 Å². The number of piperidine rings is 1. The molecule has 0 saturated carbocycles. The van der Waals surface area contributed by atoms with Gasteiger partial charge in [0.2, 0.25) is 5.43 Å². The van der Waals surface area contributed by atoms with Crippen molar-refractivity contribution >= 4 is 11.8 Å². The van der Waals surface area contributed by atoms with Crippen molar-refractivity contribution in [1.29, 1.82) is 0 Å². The summed E-state index contributed by atoms with van der Waals surface area (Å²) in [5.41, 5.74) is 1.35. The Bertz CT molecular complexity index is 1210. The van der Waals surface area contributed by atoms with Crippen molar-refractivity contribution < 1.29 is 9.59 Å². The molecule has 1 atom stereocenters. The summed E-state index contributed by atoms with van der Waals surface area (Å²) in [6, 6.07) is 13.2. The number of hydrogen-bond acceptors (Lipinski definition) is 4. The van der Waals surface area contributed by atoms with Crippen LogP contribution < -0.4 is 10.7 Å². The van der Waals surface area contributed by atoms with E-state index in [1.165, 1.54) is 0 Å². The maximum Gasteiger partial charge on any atom is 0.259 e. The summed E-state index contributed by atoms with van der Waals surface area (Å²) < 4.78 is 1.76. The first kappa shape index (κ1) is 23.4. The van der Waals surface area contributed by atoms with Crippen LogP contribution >= 0.6 is 0 Å². The molecule has 34 heavy (non-hydrogen) atoms. The number of nitrogens with zero attached hydrogens (tertiary/aromatic N) is 3. The van der Waals surface area contributed by atoms with E-state index >= 15 is 0 Å². The van der Waals surface area contributed by atoms with Crippen LogP contribution in [0.1, 0.15) is 77.0 Å². The number of aromatic nitrogens is 2. The predicted octanol–water partition coefficient (Wildman–Crippen LogP) is 4.12. The van der Waals surface area contributed by atoms with E-state index in [-0.39, 0.29) is 29.1 Å². The van der Waals surface area contributed by atoms with Gasteiger partial charge in [-0.05, 0) is 50.3 Å². The number of amides is 2.